The molecule has 1 aromatic carbocycles. The molecule has 0 bridgehead atoms. The van der Waals surface area contributed by atoms with Crippen LogP contribution >= 0.6 is 11.6 Å². The van der Waals surface area contributed by atoms with E-state index >= 15 is 0 Å². The second kappa shape index (κ2) is 6.94. The number of halogens is 1. The Bertz CT molecular complexity index is 471. The monoisotopic (exact) mass is 267 g/mol. The van der Waals surface area contributed by atoms with Gasteiger partial charge in [-0.15, -0.1) is 0 Å². The van der Waals surface area contributed by atoms with Gasteiger partial charge in [0.1, 0.15) is 0 Å². The first-order valence-corrected chi connectivity index (χ1v) is 5.98. The molecule has 1 aromatic rings. The van der Waals surface area contributed by atoms with Gasteiger partial charge in [-0.3, -0.25) is 15.0 Å². The first kappa shape index (κ1) is 14.4. The van der Waals surface area contributed by atoms with Gasteiger partial charge in [0.25, 0.3) is 5.69 Å². The second-order valence-electron chi connectivity index (χ2n) is 3.90. The summed E-state index contributed by atoms with van der Waals surface area (Å²) in [6.07, 6.45) is 0.937. The lowest BCUT2D eigenvalue weighted by Gasteiger charge is -2.18. The van der Waals surface area contributed by atoms with E-state index in [0.717, 1.165) is 18.5 Å². The fourth-order valence-electron chi connectivity index (χ4n) is 1.65. The van der Waals surface area contributed by atoms with Gasteiger partial charge < -0.3 is 0 Å². The summed E-state index contributed by atoms with van der Waals surface area (Å²) in [6.45, 7) is 3.67. The Labute approximate surface area is 111 Å². The predicted molar refractivity (Wildman–Crippen MR) is 69.3 cm³/mol. The molecule has 0 aliphatic carbocycles. The van der Waals surface area contributed by atoms with Crippen molar-refractivity contribution in [1.82, 2.24) is 4.90 Å². The van der Waals surface area contributed by atoms with Crippen LogP contribution in [0, 0.1) is 21.4 Å². The van der Waals surface area contributed by atoms with Gasteiger partial charge >= 0.3 is 0 Å². The van der Waals surface area contributed by atoms with Gasteiger partial charge in [0.15, 0.2) is 0 Å². The van der Waals surface area contributed by atoms with E-state index < -0.39 is 4.92 Å². The summed E-state index contributed by atoms with van der Waals surface area (Å²) in [5.74, 6) is 0. The van der Waals surface area contributed by atoms with Crippen LogP contribution in [0.1, 0.15) is 18.9 Å². The fraction of sp³-hybridized carbons (Fsp3) is 0.417. The molecular weight excluding hydrogens is 254 g/mol. The zero-order chi connectivity index (χ0) is 13.5. The fourth-order valence-corrected chi connectivity index (χ4v) is 1.88. The number of hydrogen-bond acceptors (Lipinski definition) is 4. The Kier molecular flexibility index (Phi) is 5.56. The number of benzene rings is 1. The Morgan fingerprint density at radius 3 is 2.78 bits per heavy atom. The van der Waals surface area contributed by atoms with Crippen LogP contribution in [0.5, 0.6) is 0 Å². The maximum absolute atomic E-state index is 10.6. The van der Waals surface area contributed by atoms with Crippen molar-refractivity contribution >= 4 is 17.3 Å². The van der Waals surface area contributed by atoms with E-state index in [1.54, 1.807) is 6.07 Å². The molecule has 0 fully saturated rings. The quantitative estimate of drug-likeness (QED) is 0.451. The molecule has 96 valence electrons. The molecule has 0 saturated carbocycles. The molecule has 0 amide bonds. The van der Waals surface area contributed by atoms with Crippen LogP contribution in [0.25, 0.3) is 0 Å². The summed E-state index contributed by atoms with van der Waals surface area (Å²) in [5.41, 5.74) is 0.775. The molecule has 5 nitrogen and oxygen atoms in total. The van der Waals surface area contributed by atoms with Crippen molar-refractivity contribution in [1.29, 1.82) is 5.26 Å². The molecule has 0 spiro atoms. The van der Waals surface area contributed by atoms with Crippen molar-refractivity contribution in [3.63, 3.8) is 0 Å². The Morgan fingerprint density at radius 1 is 1.56 bits per heavy atom. The Morgan fingerprint density at radius 2 is 2.28 bits per heavy atom. The number of non-ortho nitro benzene ring substituents is 1. The van der Waals surface area contributed by atoms with Crippen LogP contribution in [-0.2, 0) is 6.54 Å². The van der Waals surface area contributed by atoms with E-state index in [1.807, 2.05) is 11.8 Å². The van der Waals surface area contributed by atoms with Gasteiger partial charge in [-0.05, 0) is 24.6 Å². The van der Waals surface area contributed by atoms with Crippen molar-refractivity contribution in [3.8, 4) is 6.07 Å². The van der Waals surface area contributed by atoms with Crippen molar-refractivity contribution < 1.29 is 4.92 Å². The first-order valence-electron chi connectivity index (χ1n) is 5.60. The average Bonchev–Trinajstić information content (AvgIpc) is 2.32. The van der Waals surface area contributed by atoms with Gasteiger partial charge in [-0.1, -0.05) is 18.5 Å². The van der Waals surface area contributed by atoms with Gasteiger partial charge in [-0.25, -0.2) is 0 Å². The number of nitro groups is 1. The highest BCUT2D eigenvalue weighted by Crippen LogP contribution is 2.23. The van der Waals surface area contributed by atoms with Crippen LogP contribution in [0.15, 0.2) is 18.2 Å². The zero-order valence-electron chi connectivity index (χ0n) is 10.1. The minimum absolute atomic E-state index is 0.0222. The highest BCUT2D eigenvalue weighted by atomic mass is 35.5. The molecule has 18 heavy (non-hydrogen) atoms. The summed E-state index contributed by atoms with van der Waals surface area (Å²) in [4.78, 5) is 12.1. The van der Waals surface area contributed by atoms with E-state index in [0.29, 0.717) is 18.1 Å². The van der Waals surface area contributed by atoms with Gasteiger partial charge in [-0.2, -0.15) is 5.26 Å². The van der Waals surface area contributed by atoms with Gasteiger partial charge in [0.2, 0.25) is 0 Å². The minimum Gasteiger partial charge on any atom is -0.286 e. The van der Waals surface area contributed by atoms with E-state index in [2.05, 4.69) is 6.07 Å². The third kappa shape index (κ3) is 3.99. The third-order valence-electron chi connectivity index (χ3n) is 2.48. The SMILES string of the molecule is CCCN(CC#N)Cc1ccc([N+](=O)[O-])cc1Cl. The van der Waals surface area contributed by atoms with Crippen molar-refractivity contribution in [2.24, 2.45) is 0 Å². The summed E-state index contributed by atoms with van der Waals surface area (Å²) >= 11 is 6.00. The van der Waals surface area contributed by atoms with E-state index in [-0.39, 0.29) is 5.69 Å². The molecule has 0 radical (unpaired) electrons. The Hall–Kier alpha value is -1.64. The van der Waals surface area contributed by atoms with Crippen LogP contribution < -0.4 is 0 Å². The summed E-state index contributed by atoms with van der Waals surface area (Å²) in [5, 5.41) is 19.7. The molecule has 0 aromatic heterocycles. The van der Waals surface area contributed by atoms with Crippen LogP contribution in [-0.4, -0.2) is 22.9 Å². The van der Waals surface area contributed by atoms with Gasteiger partial charge in [0.05, 0.1) is 22.6 Å². The topological polar surface area (TPSA) is 70.2 Å². The number of nitrogens with zero attached hydrogens (tertiary/aromatic N) is 3. The lowest BCUT2D eigenvalue weighted by molar-refractivity contribution is -0.384. The number of rotatable bonds is 6. The molecule has 0 atom stereocenters. The molecule has 0 aliphatic rings. The minimum atomic E-state index is -0.477. The molecule has 0 heterocycles. The lowest BCUT2D eigenvalue weighted by atomic mass is 10.2. The molecular formula is C12H14ClN3O2. The smallest absolute Gasteiger partial charge is 0.270 e. The largest absolute Gasteiger partial charge is 0.286 e. The standard InChI is InChI=1S/C12H14ClN3O2/c1-2-6-15(7-5-14)9-10-3-4-11(16(17)18)8-12(10)13/h3-4,8H,2,6-7,9H2,1H3. The van der Waals surface area contributed by atoms with Crippen molar-refractivity contribution in [2.75, 3.05) is 13.1 Å². The maximum Gasteiger partial charge on any atom is 0.270 e. The second-order valence-corrected chi connectivity index (χ2v) is 4.31. The molecule has 0 saturated heterocycles. The molecule has 1 rings (SSSR count). The van der Waals surface area contributed by atoms with Crippen LogP contribution in [0.4, 0.5) is 5.69 Å². The molecule has 0 aliphatic heterocycles. The molecule has 6 heteroatoms. The third-order valence-corrected chi connectivity index (χ3v) is 2.83. The Balaban J connectivity index is 2.83. The van der Waals surface area contributed by atoms with E-state index in [9.17, 15) is 10.1 Å². The normalized spacial score (nSPS) is 10.3. The summed E-state index contributed by atoms with van der Waals surface area (Å²) in [7, 11) is 0. The number of hydrogen-bond donors (Lipinski definition) is 0. The first-order chi connectivity index (χ1) is 8.58. The summed E-state index contributed by atoms with van der Waals surface area (Å²) in [6, 6.07) is 6.50. The van der Waals surface area contributed by atoms with Gasteiger partial charge in [0, 0.05) is 18.7 Å². The number of nitriles is 1. The van der Waals surface area contributed by atoms with Crippen LogP contribution in [0.3, 0.4) is 0 Å². The lowest BCUT2D eigenvalue weighted by Crippen LogP contribution is -2.24. The summed E-state index contributed by atoms with van der Waals surface area (Å²) < 4.78 is 0. The van der Waals surface area contributed by atoms with E-state index in [1.165, 1.54) is 12.1 Å². The van der Waals surface area contributed by atoms with E-state index in [4.69, 9.17) is 16.9 Å². The predicted octanol–water partition coefficient (Wildman–Crippen LogP) is 2.98. The highest BCUT2D eigenvalue weighted by Gasteiger charge is 2.12. The van der Waals surface area contributed by atoms with Crippen molar-refractivity contribution in [2.45, 2.75) is 19.9 Å². The van der Waals surface area contributed by atoms with Crippen molar-refractivity contribution in [3.05, 3.63) is 38.9 Å². The highest BCUT2D eigenvalue weighted by molar-refractivity contribution is 6.31. The molecule has 0 unspecified atom stereocenters. The maximum atomic E-state index is 10.6. The van der Waals surface area contributed by atoms with Crippen LogP contribution in [0.2, 0.25) is 5.02 Å². The average molecular weight is 268 g/mol. The molecule has 0 N–H and O–H groups in total. The zero-order valence-corrected chi connectivity index (χ0v) is 10.9. The number of nitro benzene ring substituents is 1.